The predicted octanol–water partition coefficient (Wildman–Crippen LogP) is 0.318. The Balaban J connectivity index is 2.93. The highest BCUT2D eigenvalue weighted by molar-refractivity contribution is 7.86. The Morgan fingerprint density at radius 1 is 1.12 bits per heavy atom. The Labute approximate surface area is 138 Å². The summed E-state index contributed by atoms with van der Waals surface area (Å²) in [6, 6.07) is 4.21. The quantitative estimate of drug-likeness (QED) is 0.327. The third-order valence-corrected chi connectivity index (χ3v) is 5.03. The minimum atomic E-state index is -4.80. The molecule has 0 saturated carbocycles. The molecular formula is C13H14N2O7S2. The van der Waals surface area contributed by atoms with E-state index in [4.69, 9.17) is 10.3 Å². The molecule has 0 fully saturated rings. The van der Waals surface area contributed by atoms with Crippen LogP contribution in [-0.4, -0.2) is 45.3 Å². The van der Waals surface area contributed by atoms with Gasteiger partial charge in [0.1, 0.15) is 4.90 Å². The lowest BCUT2D eigenvalue weighted by Gasteiger charge is -2.13. The van der Waals surface area contributed by atoms with Crippen LogP contribution in [0.5, 0.6) is 0 Å². The number of ketones is 1. The van der Waals surface area contributed by atoms with Gasteiger partial charge in [-0.15, -0.1) is 0 Å². The maximum absolute atomic E-state index is 12.1. The molecule has 0 aliphatic rings. The van der Waals surface area contributed by atoms with Crippen molar-refractivity contribution in [1.29, 1.82) is 0 Å². The van der Waals surface area contributed by atoms with E-state index in [9.17, 15) is 26.2 Å². The lowest BCUT2D eigenvalue weighted by molar-refractivity contribution is 0.0991. The van der Waals surface area contributed by atoms with Gasteiger partial charge in [-0.25, -0.2) is 0 Å². The van der Waals surface area contributed by atoms with E-state index in [1.165, 1.54) is 13.1 Å². The molecule has 0 aliphatic heterocycles. The Morgan fingerprint density at radius 2 is 1.75 bits per heavy atom. The number of nitrogen functional groups attached to an aromatic ring is 1. The molecule has 0 saturated heterocycles. The smallest absolute Gasteiger partial charge is 0.295 e. The zero-order valence-corrected chi connectivity index (χ0v) is 14.0. The number of Topliss-reactive ketones (excluding diaryl/α,β-unsaturated/α-hetero) is 1. The fourth-order valence-corrected chi connectivity index (χ4v) is 3.56. The summed E-state index contributed by atoms with van der Waals surface area (Å²) < 4.78 is 64.0. The molecule has 0 heterocycles. The van der Waals surface area contributed by atoms with E-state index in [1.807, 2.05) is 0 Å². The van der Waals surface area contributed by atoms with Gasteiger partial charge in [-0.1, -0.05) is 6.07 Å². The van der Waals surface area contributed by atoms with Crippen molar-refractivity contribution >= 4 is 42.5 Å². The van der Waals surface area contributed by atoms with E-state index in [0.29, 0.717) is 0 Å². The van der Waals surface area contributed by atoms with Crippen LogP contribution >= 0.6 is 0 Å². The Bertz CT molecular complexity index is 1040. The monoisotopic (exact) mass is 374 g/mol. The first-order chi connectivity index (χ1) is 11.0. The lowest BCUT2D eigenvalue weighted by Crippen LogP contribution is -2.22. The number of fused-ring (bicyclic) bond motifs is 1. The van der Waals surface area contributed by atoms with Crippen molar-refractivity contribution in [2.45, 2.75) is 9.79 Å². The van der Waals surface area contributed by atoms with Crippen molar-refractivity contribution in [3.05, 3.63) is 29.8 Å². The van der Waals surface area contributed by atoms with E-state index in [-0.39, 0.29) is 28.6 Å². The summed E-state index contributed by atoms with van der Waals surface area (Å²) in [6.45, 7) is -0.221. The molecule has 0 amide bonds. The standard InChI is InChI=1S/C13H14N2O7S2/c1-15-6-10(16)12-11(24(20,21)22)5-7-4-8(23(17,18)19)2-3-9(7)13(12)14/h2-5,15H,6,14H2,1H3,(H,17,18,19)(H,20,21,22). The van der Waals surface area contributed by atoms with Crippen molar-refractivity contribution in [3.63, 3.8) is 0 Å². The maximum Gasteiger partial charge on any atom is 0.295 e. The first kappa shape index (κ1) is 18.3. The Kier molecular flexibility index (Phi) is 4.65. The van der Waals surface area contributed by atoms with Crippen LogP contribution in [0.4, 0.5) is 5.69 Å². The van der Waals surface area contributed by atoms with E-state index < -0.39 is 35.8 Å². The SMILES string of the molecule is CNCC(=O)c1c(S(=O)(=O)O)cc2cc(S(=O)(=O)O)ccc2c1N. The number of hydrogen-bond acceptors (Lipinski definition) is 7. The van der Waals surface area contributed by atoms with Gasteiger partial charge >= 0.3 is 0 Å². The summed E-state index contributed by atoms with van der Waals surface area (Å²) in [6.07, 6.45) is 0. The molecule has 5 N–H and O–H groups in total. The normalized spacial score (nSPS) is 12.5. The van der Waals surface area contributed by atoms with Gasteiger partial charge in [-0.2, -0.15) is 16.8 Å². The molecule has 2 aromatic carbocycles. The van der Waals surface area contributed by atoms with Gasteiger partial charge in [0.2, 0.25) is 0 Å². The topological polar surface area (TPSA) is 164 Å². The molecule has 0 aromatic heterocycles. The third-order valence-electron chi connectivity index (χ3n) is 3.31. The van der Waals surface area contributed by atoms with E-state index >= 15 is 0 Å². The highest BCUT2D eigenvalue weighted by atomic mass is 32.2. The first-order valence-corrected chi connectivity index (χ1v) is 9.34. The minimum absolute atomic E-state index is 0.0243. The molecule has 9 nitrogen and oxygen atoms in total. The largest absolute Gasteiger partial charge is 0.398 e. The Hall–Kier alpha value is -2.05. The molecule has 0 radical (unpaired) electrons. The summed E-state index contributed by atoms with van der Waals surface area (Å²) in [5.41, 5.74) is 5.26. The molecular weight excluding hydrogens is 360 g/mol. The first-order valence-electron chi connectivity index (χ1n) is 6.46. The average molecular weight is 374 g/mol. The van der Waals surface area contributed by atoms with Crippen LogP contribution in [0.15, 0.2) is 34.1 Å². The van der Waals surface area contributed by atoms with Crippen LogP contribution < -0.4 is 11.1 Å². The van der Waals surface area contributed by atoms with Gasteiger partial charge in [0, 0.05) is 5.39 Å². The van der Waals surface area contributed by atoms with Crippen molar-refractivity contribution in [1.82, 2.24) is 5.32 Å². The molecule has 0 bridgehead atoms. The van der Waals surface area contributed by atoms with Gasteiger partial charge in [0.25, 0.3) is 20.2 Å². The highest BCUT2D eigenvalue weighted by Gasteiger charge is 2.25. The average Bonchev–Trinajstić information content (AvgIpc) is 2.44. The minimum Gasteiger partial charge on any atom is -0.398 e. The molecule has 2 rings (SSSR count). The number of nitrogens with one attached hydrogen (secondary N) is 1. The predicted molar refractivity (Wildman–Crippen MR) is 86.2 cm³/mol. The fraction of sp³-hybridized carbons (Fsp3) is 0.154. The molecule has 130 valence electrons. The zero-order valence-electron chi connectivity index (χ0n) is 12.3. The van der Waals surface area contributed by atoms with Crippen LogP contribution in [-0.2, 0) is 20.2 Å². The fourth-order valence-electron chi connectivity index (χ4n) is 2.29. The van der Waals surface area contributed by atoms with Crippen molar-refractivity contribution in [2.75, 3.05) is 19.3 Å². The molecule has 0 aliphatic carbocycles. The van der Waals surface area contributed by atoms with Crippen LogP contribution in [0.25, 0.3) is 10.8 Å². The zero-order chi connectivity index (χ0) is 18.3. The van der Waals surface area contributed by atoms with Crippen LogP contribution in [0.2, 0.25) is 0 Å². The lowest BCUT2D eigenvalue weighted by atomic mass is 10.0. The van der Waals surface area contributed by atoms with Crippen LogP contribution in [0.3, 0.4) is 0 Å². The van der Waals surface area contributed by atoms with E-state index in [0.717, 1.165) is 18.2 Å². The number of anilines is 1. The number of likely N-dealkylation sites (N-methyl/N-ethyl adjacent to an activating group) is 1. The number of hydrogen-bond donors (Lipinski definition) is 4. The summed E-state index contributed by atoms with van der Waals surface area (Å²) >= 11 is 0. The van der Waals surface area contributed by atoms with Gasteiger partial charge in [-0.05, 0) is 30.6 Å². The Morgan fingerprint density at radius 3 is 2.25 bits per heavy atom. The second kappa shape index (κ2) is 6.11. The highest BCUT2D eigenvalue weighted by Crippen LogP contribution is 2.32. The number of carbonyl (C=O) groups excluding carboxylic acids is 1. The van der Waals surface area contributed by atoms with Crippen LogP contribution in [0.1, 0.15) is 10.4 Å². The number of carbonyl (C=O) groups is 1. The molecule has 0 spiro atoms. The van der Waals surface area contributed by atoms with Gasteiger partial charge < -0.3 is 11.1 Å². The third kappa shape index (κ3) is 3.39. The number of benzene rings is 2. The van der Waals surface area contributed by atoms with E-state index in [1.54, 1.807) is 0 Å². The summed E-state index contributed by atoms with van der Waals surface area (Å²) in [4.78, 5) is 10.9. The second-order valence-electron chi connectivity index (χ2n) is 4.95. The molecule has 11 heteroatoms. The molecule has 2 aromatic rings. The second-order valence-corrected chi connectivity index (χ2v) is 7.76. The number of nitrogens with two attached hydrogens (primary N) is 1. The van der Waals surface area contributed by atoms with Crippen molar-refractivity contribution in [3.8, 4) is 0 Å². The molecule has 24 heavy (non-hydrogen) atoms. The number of rotatable bonds is 5. The molecule has 0 unspecified atom stereocenters. The summed E-state index contributed by atoms with van der Waals surface area (Å²) in [7, 11) is -7.85. The molecule has 0 atom stereocenters. The van der Waals surface area contributed by atoms with Crippen molar-refractivity contribution in [2.24, 2.45) is 0 Å². The maximum atomic E-state index is 12.1. The van der Waals surface area contributed by atoms with Crippen molar-refractivity contribution < 1.29 is 30.7 Å². The van der Waals surface area contributed by atoms with Gasteiger partial charge in [-0.3, -0.25) is 13.9 Å². The van der Waals surface area contributed by atoms with Gasteiger partial charge in [0.05, 0.1) is 22.7 Å². The van der Waals surface area contributed by atoms with Gasteiger partial charge in [0.15, 0.2) is 5.78 Å². The van der Waals surface area contributed by atoms with Crippen LogP contribution in [0, 0.1) is 0 Å². The summed E-state index contributed by atoms with van der Waals surface area (Å²) in [5, 5.41) is 2.78. The summed E-state index contributed by atoms with van der Waals surface area (Å²) in [5.74, 6) is -0.664. The van der Waals surface area contributed by atoms with E-state index in [2.05, 4.69) is 5.32 Å².